The molecule has 1 fully saturated rings. The fourth-order valence-electron chi connectivity index (χ4n) is 2.33. The van der Waals surface area contributed by atoms with Crippen LogP contribution in [0.5, 0.6) is 5.75 Å². The van der Waals surface area contributed by atoms with Crippen LogP contribution in [0.4, 0.5) is 0 Å². The van der Waals surface area contributed by atoms with Crippen LogP contribution in [-0.4, -0.2) is 31.2 Å². The molecule has 0 saturated carbocycles. The van der Waals surface area contributed by atoms with Crippen molar-refractivity contribution in [1.29, 1.82) is 0 Å². The standard InChI is InChI=1S/C14H20ClNOS/c1-10-7-12(15)3-4-13(10)17-14(9-18-2)11-5-6-16-8-11/h3-4,7,11,14,16H,5-6,8-9H2,1-2H3/t11?,14-/m0/s1. The molecule has 18 heavy (non-hydrogen) atoms. The molecule has 1 saturated heterocycles. The van der Waals surface area contributed by atoms with Gasteiger partial charge in [0.15, 0.2) is 0 Å². The average Bonchev–Trinajstić information content (AvgIpc) is 2.85. The Bertz CT molecular complexity index is 393. The van der Waals surface area contributed by atoms with Crippen molar-refractivity contribution in [2.45, 2.75) is 19.4 Å². The molecule has 0 bridgehead atoms. The molecule has 2 nitrogen and oxygen atoms in total. The lowest BCUT2D eigenvalue weighted by atomic mass is 10.0. The Hall–Kier alpha value is -0.380. The topological polar surface area (TPSA) is 21.3 Å². The smallest absolute Gasteiger partial charge is 0.122 e. The first-order valence-corrected chi connectivity index (χ1v) is 8.10. The lowest BCUT2D eigenvalue weighted by molar-refractivity contribution is 0.164. The molecule has 0 aliphatic carbocycles. The lowest BCUT2D eigenvalue weighted by Gasteiger charge is -2.24. The number of thioether (sulfide) groups is 1. The molecule has 0 spiro atoms. The van der Waals surface area contributed by atoms with Crippen LogP contribution in [0.2, 0.25) is 5.02 Å². The van der Waals surface area contributed by atoms with Crippen LogP contribution >= 0.6 is 23.4 Å². The summed E-state index contributed by atoms with van der Waals surface area (Å²) in [7, 11) is 0. The summed E-state index contributed by atoms with van der Waals surface area (Å²) in [6, 6.07) is 5.83. The van der Waals surface area contributed by atoms with Crippen LogP contribution in [-0.2, 0) is 0 Å². The summed E-state index contributed by atoms with van der Waals surface area (Å²) in [6.45, 7) is 4.22. The third kappa shape index (κ3) is 3.56. The van der Waals surface area contributed by atoms with E-state index in [2.05, 4.69) is 11.6 Å². The zero-order valence-electron chi connectivity index (χ0n) is 10.9. The Morgan fingerprint density at radius 3 is 3.00 bits per heavy atom. The third-order valence-corrected chi connectivity index (χ3v) is 4.27. The largest absolute Gasteiger partial charge is 0.489 e. The van der Waals surface area contributed by atoms with E-state index in [9.17, 15) is 0 Å². The summed E-state index contributed by atoms with van der Waals surface area (Å²) in [5.41, 5.74) is 1.11. The summed E-state index contributed by atoms with van der Waals surface area (Å²) in [6.07, 6.45) is 3.63. The van der Waals surface area contributed by atoms with E-state index in [1.165, 1.54) is 6.42 Å². The maximum Gasteiger partial charge on any atom is 0.122 e. The summed E-state index contributed by atoms with van der Waals surface area (Å²) in [5, 5.41) is 4.18. The molecule has 1 heterocycles. The average molecular weight is 286 g/mol. The molecule has 1 aromatic carbocycles. The van der Waals surface area contributed by atoms with Crippen molar-refractivity contribution >= 4 is 23.4 Å². The minimum atomic E-state index is 0.287. The molecule has 0 radical (unpaired) electrons. The fourth-order valence-corrected chi connectivity index (χ4v) is 3.23. The van der Waals surface area contributed by atoms with E-state index in [1.807, 2.05) is 36.9 Å². The van der Waals surface area contributed by atoms with Gasteiger partial charge in [-0.1, -0.05) is 11.6 Å². The van der Waals surface area contributed by atoms with E-state index < -0.39 is 0 Å². The molecule has 0 aromatic heterocycles. The maximum absolute atomic E-state index is 6.21. The third-order valence-electron chi connectivity index (χ3n) is 3.37. The van der Waals surface area contributed by atoms with Gasteiger partial charge in [0.2, 0.25) is 0 Å². The van der Waals surface area contributed by atoms with Gasteiger partial charge in [-0.3, -0.25) is 0 Å². The quantitative estimate of drug-likeness (QED) is 0.896. The second-order valence-corrected chi connectivity index (χ2v) is 6.12. The molecule has 0 amide bonds. The van der Waals surface area contributed by atoms with E-state index in [0.29, 0.717) is 5.92 Å². The molecule has 4 heteroatoms. The van der Waals surface area contributed by atoms with Crippen molar-refractivity contribution in [2.24, 2.45) is 5.92 Å². The number of aryl methyl sites for hydroxylation is 1. The minimum absolute atomic E-state index is 0.287. The van der Waals surface area contributed by atoms with E-state index in [0.717, 1.165) is 35.2 Å². The zero-order valence-corrected chi connectivity index (χ0v) is 12.5. The lowest BCUT2D eigenvalue weighted by Crippen LogP contribution is -2.31. The Morgan fingerprint density at radius 2 is 2.39 bits per heavy atom. The first-order valence-electron chi connectivity index (χ1n) is 6.33. The molecule has 1 N–H and O–H groups in total. The van der Waals surface area contributed by atoms with E-state index >= 15 is 0 Å². The Morgan fingerprint density at radius 1 is 1.56 bits per heavy atom. The minimum Gasteiger partial charge on any atom is -0.489 e. The SMILES string of the molecule is CSC[C@H](Oc1ccc(Cl)cc1C)C1CCNC1. The highest BCUT2D eigenvalue weighted by Gasteiger charge is 2.26. The van der Waals surface area contributed by atoms with E-state index in [-0.39, 0.29) is 6.10 Å². The van der Waals surface area contributed by atoms with Gasteiger partial charge in [-0.2, -0.15) is 11.8 Å². The second kappa shape index (κ2) is 6.69. The second-order valence-electron chi connectivity index (χ2n) is 4.77. The summed E-state index contributed by atoms with van der Waals surface area (Å²) >= 11 is 7.82. The zero-order chi connectivity index (χ0) is 13.0. The molecule has 1 unspecified atom stereocenters. The van der Waals surface area contributed by atoms with Crippen molar-refractivity contribution in [3.8, 4) is 5.75 Å². The van der Waals surface area contributed by atoms with Crippen LogP contribution in [0.25, 0.3) is 0 Å². The van der Waals surface area contributed by atoms with Crippen LogP contribution in [0.1, 0.15) is 12.0 Å². The molecule has 1 aromatic rings. The number of halogens is 1. The monoisotopic (exact) mass is 285 g/mol. The highest BCUT2D eigenvalue weighted by molar-refractivity contribution is 7.98. The van der Waals surface area contributed by atoms with Gasteiger partial charge in [0, 0.05) is 23.2 Å². The Balaban J connectivity index is 2.07. The van der Waals surface area contributed by atoms with Crippen LogP contribution < -0.4 is 10.1 Å². The predicted octanol–water partition coefficient (Wildman–Crippen LogP) is 3.37. The number of nitrogens with one attached hydrogen (secondary N) is 1. The number of rotatable bonds is 5. The highest BCUT2D eigenvalue weighted by Crippen LogP contribution is 2.27. The maximum atomic E-state index is 6.21. The molecule has 2 rings (SSSR count). The molecule has 1 aliphatic rings. The van der Waals surface area contributed by atoms with Crippen molar-refractivity contribution in [1.82, 2.24) is 5.32 Å². The number of benzene rings is 1. The first kappa shape index (κ1) is 14.0. The van der Waals surface area contributed by atoms with Gasteiger partial charge in [-0.15, -0.1) is 0 Å². The van der Waals surface area contributed by atoms with Crippen molar-refractivity contribution in [3.63, 3.8) is 0 Å². The van der Waals surface area contributed by atoms with Gasteiger partial charge in [0.25, 0.3) is 0 Å². The van der Waals surface area contributed by atoms with Gasteiger partial charge in [-0.05, 0) is 49.9 Å². The van der Waals surface area contributed by atoms with Crippen LogP contribution in [0.3, 0.4) is 0 Å². The van der Waals surface area contributed by atoms with Crippen LogP contribution in [0.15, 0.2) is 18.2 Å². The number of hydrogen-bond acceptors (Lipinski definition) is 3. The predicted molar refractivity (Wildman–Crippen MR) is 80.0 cm³/mol. The van der Waals surface area contributed by atoms with Crippen molar-refractivity contribution in [3.05, 3.63) is 28.8 Å². The first-order chi connectivity index (χ1) is 8.70. The molecular formula is C14H20ClNOS. The van der Waals surface area contributed by atoms with Gasteiger partial charge < -0.3 is 10.1 Å². The summed E-state index contributed by atoms with van der Waals surface area (Å²) < 4.78 is 6.21. The van der Waals surface area contributed by atoms with Gasteiger partial charge >= 0.3 is 0 Å². The van der Waals surface area contributed by atoms with Crippen LogP contribution in [0, 0.1) is 12.8 Å². The van der Waals surface area contributed by atoms with E-state index in [4.69, 9.17) is 16.3 Å². The normalized spacial score (nSPS) is 20.9. The Labute approximate surface area is 118 Å². The number of ether oxygens (including phenoxy) is 1. The molecule has 1 aliphatic heterocycles. The highest BCUT2D eigenvalue weighted by atomic mass is 35.5. The van der Waals surface area contributed by atoms with Crippen molar-refractivity contribution < 1.29 is 4.74 Å². The molecule has 100 valence electrons. The molecular weight excluding hydrogens is 266 g/mol. The van der Waals surface area contributed by atoms with E-state index in [1.54, 1.807) is 0 Å². The Kier molecular flexibility index (Phi) is 5.22. The summed E-state index contributed by atoms with van der Waals surface area (Å²) in [4.78, 5) is 0. The fraction of sp³-hybridized carbons (Fsp3) is 0.571. The van der Waals surface area contributed by atoms with Gasteiger partial charge in [-0.25, -0.2) is 0 Å². The van der Waals surface area contributed by atoms with Crippen molar-refractivity contribution in [2.75, 3.05) is 25.1 Å². The summed E-state index contributed by atoms with van der Waals surface area (Å²) in [5.74, 6) is 2.62. The number of hydrogen-bond donors (Lipinski definition) is 1. The molecule has 2 atom stereocenters. The van der Waals surface area contributed by atoms with Gasteiger partial charge in [0.05, 0.1) is 0 Å². The van der Waals surface area contributed by atoms with Gasteiger partial charge in [0.1, 0.15) is 11.9 Å².